The van der Waals surface area contributed by atoms with Crippen LogP contribution in [-0.4, -0.2) is 45.0 Å². The summed E-state index contributed by atoms with van der Waals surface area (Å²) in [6.07, 6.45) is 4.00. The van der Waals surface area contributed by atoms with Crippen LogP contribution in [0.1, 0.15) is 43.4 Å². The molecule has 1 amide bonds. The number of anilines is 1. The zero-order valence-electron chi connectivity index (χ0n) is 19.0. The first-order chi connectivity index (χ1) is 16.1. The maximum Gasteiger partial charge on any atom is 0.287 e. The molecule has 0 saturated carbocycles. The molecule has 178 valence electrons. The van der Waals surface area contributed by atoms with E-state index in [1.54, 1.807) is 6.20 Å². The summed E-state index contributed by atoms with van der Waals surface area (Å²) in [5.41, 5.74) is 8.85. The van der Waals surface area contributed by atoms with E-state index in [9.17, 15) is 4.79 Å². The Bertz CT molecular complexity index is 1290. The quantitative estimate of drug-likeness (QED) is 0.445. The van der Waals surface area contributed by atoms with Crippen LogP contribution in [0.15, 0.2) is 54.7 Å². The Labute approximate surface area is 201 Å². The molecule has 0 radical (unpaired) electrons. The van der Waals surface area contributed by atoms with E-state index in [1.165, 1.54) is 0 Å². The lowest BCUT2D eigenvalue weighted by molar-refractivity contribution is 0.0933. The lowest BCUT2D eigenvalue weighted by Crippen LogP contribution is -2.35. The van der Waals surface area contributed by atoms with E-state index in [0.717, 1.165) is 66.4 Å². The van der Waals surface area contributed by atoms with Crippen LogP contribution in [0.2, 0.25) is 0 Å². The zero-order valence-corrected chi connectivity index (χ0v) is 19.0. The standard InChI is InChI=1S/C26H30N6O.CH4/c1-2-31-13-10-18(11-14-31)17-32-23-6-4-3-5-22(23)30-25(32)26(33)29-16-19-7-8-21-20(15-19)9-12-28-24(21)27;/h3-9,12,15,18H,2,10-11,13-14,16-17H2,1H3,(H2,27,28)(H,29,33);1H4. The second kappa shape index (κ2) is 10.2. The minimum Gasteiger partial charge on any atom is -0.383 e. The normalized spacial score (nSPS) is 14.9. The van der Waals surface area contributed by atoms with Crippen molar-refractivity contribution in [2.24, 2.45) is 5.92 Å². The fraction of sp³-hybridized carbons (Fsp3) is 0.370. The number of fused-ring (bicyclic) bond motifs is 2. The van der Waals surface area contributed by atoms with Gasteiger partial charge in [0.15, 0.2) is 5.82 Å². The Kier molecular flexibility index (Phi) is 7.12. The number of amides is 1. The summed E-state index contributed by atoms with van der Waals surface area (Å²) in [5.74, 6) is 1.41. The monoisotopic (exact) mass is 458 g/mol. The smallest absolute Gasteiger partial charge is 0.287 e. The SMILES string of the molecule is C.CCN1CCC(Cn2c(C(=O)NCc3ccc4c(N)nccc4c3)nc3ccccc32)CC1. The van der Waals surface area contributed by atoms with E-state index in [-0.39, 0.29) is 13.3 Å². The van der Waals surface area contributed by atoms with Gasteiger partial charge < -0.3 is 20.5 Å². The molecule has 1 aliphatic heterocycles. The maximum atomic E-state index is 13.2. The first-order valence-corrected chi connectivity index (χ1v) is 11.7. The summed E-state index contributed by atoms with van der Waals surface area (Å²) in [4.78, 5) is 24.6. The van der Waals surface area contributed by atoms with Crippen molar-refractivity contribution in [1.29, 1.82) is 0 Å². The summed E-state index contributed by atoms with van der Waals surface area (Å²) < 4.78 is 2.11. The van der Waals surface area contributed by atoms with Gasteiger partial charge in [-0.25, -0.2) is 9.97 Å². The molecular formula is C27H34N6O. The molecule has 0 bridgehead atoms. The molecule has 7 heteroatoms. The van der Waals surface area contributed by atoms with E-state index in [4.69, 9.17) is 10.7 Å². The predicted molar refractivity (Wildman–Crippen MR) is 139 cm³/mol. The van der Waals surface area contributed by atoms with Crippen LogP contribution in [0.5, 0.6) is 0 Å². The number of imidazole rings is 1. The first kappa shape index (κ1) is 23.7. The number of rotatable bonds is 6. The Morgan fingerprint density at radius 2 is 1.94 bits per heavy atom. The number of hydrogen-bond acceptors (Lipinski definition) is 5. The molecule has 3 heterocycles. The summed E-state index contributed by atoms with van der Waals surface area (Å²) in [7, 11) is 0. The van der Waals surface area contributed by atoms with Gasteiger partial charge in [-0.05, 0) is 73.6 Å². The molecule has 0 unspecified atom stereocenters. The highest BCUT2D eigenvalue weighted by atomic mass is 16.2. The van der Waals surface area contributed by atoms with Gasteiger partial charge in [0.25, 0.3) is 5.91 Å². The van der Waals surface area contributed by atoms with Crippen LogP contribution >= 0.6 is 0 Å². The number of likely N-dealkylation sites (tertiary alicyclic amines) is 1. The molecule has 4 aromatic rings. The van der Waals surface area contributed by atoms with Gasteiger partial charge >= 0.3 is 0 Å². The van der Waals surface area contributed by atoms with Gasteiger partial charge in [0.1, 0.15) is 5.82 Å². The predicted octanol–water partition coefficient (Wildman–Crippen LogP) is 4.46. The van der Waals surface area contributed by atoms with E-state index >= 15 is 0 Å². The lowest BCUT2D eigenvalue weighted by atomic mass is 9.96. The third-order valence-corrected chi connectivity index (χ3v) is 6.77. The number of nitrogens with one attached hydrogen (secondary N) is 1. The molecule has 2 aromatic carbocycles. The molecule has 1 fully saturated rings. The van der Waals surface area contributed by atoms with Gasteiger partial charge in [-0.2, -0.15) is 0 Å². The van der Waals surface area contributed by atoms with Crippen molar-refractivity contribution < 1.29 is 4.79 Å². The van der Waals surface area contributed by atoms with Crippen molar-refractivity contribution >= 4 is 33.5 Å². The fourth-order valence-corrected chi connectivity index (χ4v) is 4.80. The highest BCUT2D eigenvalue weighted by Crippen LogP contribution is 2.24. The number of piperidine rings is 1. The maximum absolute atomic E-state index is 13.2. The van der Waals surface area contributed by atoms with Crippen LogP contribution in [-0.2, 0) is 13.1 Å². The Morgan fingerprint density at radius 3 is 2.74 bits per heavy atom. The highest BCUT2D eigenvalue weighted by Gasteiger charge is 2.23. The van der Waals surface area contributed by atoms with Crippen LogP contribution in [0.4, 0.5) is 5.82 Å². The Morgan fingerprint density at radius 1 is 1.15 bits per heavy atom. The van der Waals surface area contributed by atoms with Crippen molar-refractivity contribution in [3.63, 3.8) is 0 Å². The number of nitrogens with two attached hydrogens (primary N) is 1. The summed E-state index contributed by atoms with van der Waals surface area (Å²) in [6.45, 7) is 6.81. The molecular weight excluding hydrogens is 424 g/mol. The minimum atomic E-state index is -0.147. The molecule has 0 aliphatic carbocycles. The Balaban J connectivity index is 0.00000274. The van der Waals surface area contributed by atoms with Gasteiger partial charge in [0, 0.05) is 24.7 Å². The summed E-state index contributed by atoms with van der Waals surface area (Å²) >= 11 is 0. The lowest BCUT2D eigenvalue weighted by Gasteiger charge is -2.31. The number of pyridine rings is 1. The average Bonchev–Trinajstić information content (AvgIpc) is 3.21. The number of benzene rings is 2. The van der Waals surface area contributed by atoms with E-state index < -0.39 is 0 Å². The third-order valence-electron chi connectivity index (χ3n) is 6.77. The van der Waals surface area contributed by atoms with Gasteiger partial charge in [-0.3, -0.25) is 4.79 Å². The highest BCUT2D eigenvalue weighted by molar-refractivity contribution is 5.95. The fourth-order valence-electron chi connectivity index (χ4n) is 4.80. The molecule has 34 heavy (non-hydrogen) atoms. The third kappa shape index (κ3) is 4.75. The number of aromatic nitrogens is 3. The van der Waals surface area contributed by atoms with Crippen LogP contribution < -0.4 is 11.1 Å². The molecule has 5 rings (SSSR count). The van der Waals surface area contributed by atoms with E-state index in [2.05, 4.69) is 32.8 Å². The van der Waals surface area contributed by atoms with Crippen molar-refractivity contribution in [3.8, 4) is 0 Å². The molecule has 0 spiro atoms. The number of carbonyl (C=O) groups excluding carboxylic acids is 1. The van der Waals surface area contributed by atoms with Crippen LogP contribution in [0, 0.1) is 5.92 Å². The Hall–Kier alpha value is -3.45. The van der Waals surface area contributed by atoms with Crippen molar-refractivity contribution in [2.45, 2.75) is 40.3 Å². The molecule has 1 aliphatic rings. The number of nitrogen functional groups attached to an aromatic ring is 1. The van der Waals surface area contributed by atoms with Crippen LogP contribution in [0.25, 0.3) is 21.8 Å². The number of carbonyl (C=O) groups is 1. The summed E-state index contributed by atoms with van der Waals surface area (Å²) in [6, 6.07) is 15.9. The minimum absolute atomic E-state index is 0. The van der Waals surface area contributed by atoms with Crippen molar-refractivity contribution in [3.05, 3.63) is 66.1 Å². The van der Waals surface area contributed by atoms with Crippen LogP contribution in [0.3, 0.4) is 0 Å². The van der Waals surface area contributed by atoms with Crippen molar-refractivity contribution in [1.82, 2.24) is 24.8 Å². The molecule has 2 aromatic heterocycles. The number of para-hydroxylation sites is 2. The topological polar surface area (TPSA) is 89.1 Å². The number of hydrogen-bond donors (Lipinski definition) is 2. The molecule has 1 saturated heterocycles. The first-order valence-electron chi connectivity index (χ1n) is 11.7. The average molecular weight is 459 g/mol. The summed E-state index contributed by atoms with van der Waals surface area (Å²) in [5, 5.41) is 5.01. The van der Waals surface area contributed by atoms with E-state index in [1.807, 2.05) is 42.5 Å². The molecule has 7 nitrogen and oxygen atoms in total. The molecule has 3 N–H and O–H groups in total. The second-order valence-electron chi connectivity index (χ2n) is 8.85. The second-order valence-corrected chi connectivity index (χ2v) is 8.85. The zero-order chi connectivity index (χ0) is 22.8. The van der Waals surface area contributed by atoms with Gasteiger partial charge in [0.05, 0.1) is 11.0 Å². The number of nitrogens with zero attached hydrogens (tertiary/aromatic N) is 4. The van der Waals surface area contributed by atoms with Gasteiger partial charge in [0.2, 0.25) is 0 Å². The van der Waals surface area contributed by atoms with E-state index in [0.29, 0.717) is 24.1 Å². The van der Waals surface area contributed by atoms with Crippen molar-refractivity contribution in [2.75, 3.05) is 25.4 Å². The largest absolute Gasteiger partial charge is 0.383 e. The van der Waals surface area contributed by atoms with Gasteiger partial charge in [-0.15, -0.1) is 0 Å². The molecule has 0 atom stereocenters. The van der Waals surface area contributed by atoms with Gasteiger partial charge in [-0.1, -0.05) is 38.6 Å².